The molecule has 1 atom stereocenters. The van der Waals surface area contributed by atoms with Crippen LogP contribution in [0.5, 0.6) is 0 Å². The van der Waals surface area contributed by atoms with E-state index < -0.39 is 5.97 Å². The van der Waals surface area contributed by atoms with E-state index in [4.69, 9.17) is 5.11 Å². The topological polar surface area (TPSA) is 37.3 Å². The second-order valence-electron chi connectivity index (χ2n) is 2.73. The number of unbranched alkanes of at least 4 members (excludes halogenated alkanes) is 1. The molecule has 0 spiro atoms. The van der Waals surface area contributed by atoms with Crippen LogP contribution in [0.3, 0.4) is 0 Å². The smallest absolute Gasteiger partial charge is 0.303 e. The Morgan fingerprint density at radius 2 is 2.18 bits per heavy atom. The Labute approximate surface area is 73.4 Å². The van der Waals surface area contributed by atoms with Crippen molar-refractivity contribution in [2.75, 3.05) is 0 Å². The zero-order chi connectivity index (χ0) is 8.69. The van der Waals surface area contributed by atoms with Crippen molar-refractivity contribution in [3.8, 4) is 0 Å². The molecular weight excluding hydrogens is 160 g/mol. The lowest BCUT2D eigenvalue weighted by Gasteiger charge is -2.06. The standard InChI is InChI=1S/C8H16O2S/c1-2-3-4-7(11)5-6-8(9)10/h7,11H,2-6H2,1H3,(H,9,10). The molecule has 0 aromatic heterocycles. The number of carbonyl (C=O) groups is 1. The van der Waals surface area contributed by atoms with Crippen LogP contribution < -0.4 is 0 Å². The van der Waals surface area contributed by atoms with Gasteiger partial charge in [0.15, 0.2) is 0 Å². The minimum Gasteiger partial charge on any atom is -0.481 e. The molecule has 0 radical (unpaired) electrons. The van der Waals surface area contributed by atoms with Crippen molar-refractivity contribution in [1.29, 1.82) is 0 Å². The number of hydrogen-bond donors (Lipinski definition) is 2. The fourth-order valence-corrected chi connectivity index (χ4v) is 1.19. The summed E-state index contributed by atoms with van der Waals surface area (Å²) in [5.74, 6) is -0.722. The lowest BCUT2D eigenvalue weighted by atomic mass is 10.1. The molecule has 0 bridgehead atoms. The van der Waals surface area contributed by atoms with Crippen LogP contribution in [0.1, 0.15) is 39.0 Å². The lowest BCUT2D eigenvalue weighted by molar-refractivity contribution is -0.137. The molecule has 0 fully saturated rings. The number of carboxylic acid groups (broad SMARTS) is 1. The molecule has 0 aromatic rings. The number of carboxylic acids is 1. The molecule has 1 unspecified atom stereocenters. The maximum Gasteiger partial charge on any atom is 0.303 e. The Morgan fingerprint density at radius 3 is 2.64 bits per heavy atom. The first-order chi connectivity index (χ1) is 5.16. The highest BCUT2D eigenvalue weighted by atomic mass is 32.1. The van der Waals surface area contributed by atoms with Gasteiger partial charge in [0, 0.05) is 11.7 Å². The van der Waals surface area contributed by atoms with Gasteiger partial charge in [-0.2, -0.15) is 12.6 Å². The monoisotopic (exact) mass is 176 g/mol. The van der Waals surface area contributed by atoms with Crippen molar-refractivity contribution in [2.24, 2.45) is 0 Å². The van der Waals surface area contributed by atoms with Gasteiger partial charge in [0.2, 0.25) is 0 Å². The lowest BCUT2D eigenvalue weighted by Crippen LogP contribution is -2.03. The van der Waals surface area contributed by atoms with E-state index in [-0.39, 0.29) is 11.7 Å². The highest BCUT2D eigenvalue weighted by Gasteiger charge is 2.04. The Bertz CT molecular complexity index is 115. The molecule has 0 aromatic carbocycles. The van der Waals surface area contributed by atoms with Crippen molar-refractivity contribution in [3.63, 3.8) is 0 Å². The van der Waals surface area contributed by atoms with Gasteiger partial charge in [-0.3, -0.25) is 4.79 Å². The van der Waals surface area contributed by atoms with E-state index in [1.807, 2.05) is 0 Å². The van der Waals surface area contributed by atoms with Gasteiger partial charge in [0.1, 0.15) is 0 Å². The van der Waals surface area contributed by atoms with Crippen LogP contribution in [0.2, 0.25) is 0 Å². The van der Waals surface area contributed by atoms with Crippen molar-refractivity contribution < 1.29 is 9.90 Å². The average molecular weight is 176 g/mol. The summed E-state index contributed by atoms with van der Waals surface area (Å²) in [4.78, 5) is 10.1. The Morgan fingerprint density at radius 1 is 1.55 bits per heavy atom. The van der Waals surface area contributed by atoms with Gasteiger partial charge >= 0.3 is 5.97 Å². The SMILES string of the molecule is CCCCC(S)CCC(=O)O. The van der Waals surface area contributed by atoms with Crippen LogP contribution in [-0.4, -0.2) is 16.3 Å². The largest absolute Gasteiger partial charge is 0.481 e. The van der Waals surface area contributed by atoms with E-state index >= 15 is 0 Å². The highest BCUT2D eigenvalue weighted by Crippen LogP contribution is 2.12. The maximum atomic E-state index is 10.1. The summed E-state index contributed by atoms with van der Waals surface area (Å²) in [5.41, 5.74) is 0. The summed E-state index contributed by atoms with van der Waals surface area (Å²) in [6.07, 6.45) is 4.28. The summed E-state index contributed by atoms with van der Waals surface area (Å²) < 4.78 is 0. The van der Waals surface area contributed by atoms with Crippen LogP contribution in [0.15, 0.2) is 0 Å². The van der Waals surface area contributed by atoms with Gasteiger partial charge in [-0.25, -0.2) is 0 Å². The molecule has 2 nitrogen and oxygen atoms in total. The second-order valence-corrected chi connectivity index (χ2v) is 3.46. The van der Waals surface area contributed by atoms with Crippen LogP contribution in [0, 0.1) is 0 Å². The normalized spacial score (nSPS) is 12.9. The van der Waals surface area contributed by atoms with Gasteiger partial charge in [-0.1, -0.05) is 19.8 Å². The first-order valence-electron chi connectivity index (χ1n) is 4.06. The summed E-state index contributed by atoms with van der Waals surface area (Å²) in [6.45, 7) is 2.12. The molecule has 0 saturated carbocycles. The third-order valence-electron chi connectivity index (χ3n) is 1.58. The number of rotatable bonds is 6. The van der Waals surface area contributed by atoms with Gasteiger partial charge in [0.25, 0.3) is 0 Å². The Hall–Kier alpha value is -0.180. The third-order valence-corrected chi connectivity index (χ3v) is 2.10. The highest BCUT2D eigenvalue weighted by molar-refractivity contribution is 7.80. The number of thiol groups is 1. The fourth-order valence-electron chi connectivity index (χ4n) is 0.874. The van der Waals surface area contributed by atoms with E-state index in [1.54, 1.807) is 0 Å². The van der Waals surface area contributed by atoms with Gasteiger partial charge in [0.05, 0.1) is 0 Å². The molecule has 1 N–H and O–H groups in total. The summed E-state index contributed by atoms with van der Waals surface area (Å²) in [6, 6.07) is 0. The maximum absolute atomic E-state index is 10.1. The molecule has 11 heavy (non-hydrogen) atoms. The fraction of sp³-hybridized carbons (Fsp3) is 0.875. The Kier molecular flexibility index (Phi) is 6.42. The van der Waals surface area contributed by atoms with Crippen molar-refractivity contribution in [1.82, 2.24) is 0 Å². The second kappa shape index (κ2) is 6.53. The zero-order valence-electron chi connectivity index (χ0n) is 6.92. The van der Waals surface area contributed by atoms with E-state index in [2.05, 4.69) is 19.6 Å². The predicted molar refractivity (Wildman–Crippen MR) is 49.2 cm³/mol. The first-order valence-corrected chi connectivity index (χ1v) is 4.58. The predicted octanol–water partition coefficient (Wildman–Crippen LogP) is 2.34. The van der Waals surface area contributed by atoms with Crippen LogP contribution >= 0.6 is 12.6 Å². The molecule has 3 heteroatoms. The van der Waals surface area contributed by atoms with Gasteiger partial charge in [-0.05, 0) is 12.8 Å². The van der Waals surface area contributed by atoms with Gasteiger partial charge < -0.3 is 5.11 Å². The molecule has 0 rings (SSSR count). The third kappa shape index (κ3) is 7.72. The summed E-state index contributed by atoms with van der Waals surface area (Å²) >= 11 is 4.28. The van der Waals surface area contributed by atoms with Crippen LogP contribution in [-0.2, 0) is 4.79 Å². The molecule has 66 valence electrons. The average Bonchev–Trinajstić information content (AvgIpc) is 1.97. The van der Waals surface area contributed by atoms with Crippen molar-refractivity contribution in [2.45, 2.75) is 44.3 Å². The zero-order valence-corrected chi connectivity index (χ0v) is 7.81. The quantitative estimate of drug-likeness (QED) is 0.609. The number of aliphatic carboxylic acids is 1. The van der Waals surface area contributed by atoms with E-state index in [9.17, 15) is 4.79 Å². The van der Waals surface area contributed by atoms with Crippen molar-refractivity contribution in [3.05, 3.63) is 0 Å². The molecule has 0 aliphatic carbocycles. The molecular formula is C8H16O2S. The first kappa shape index (κ1) is 10.8. The minimum atomic E-state index is -0.722. The van der Waals surface area contributed by atoms with E-state index in [0.717, 1.165) is 19.3 Å². The molecule has 0 aliphatic heterocycles. The van der Waals surface area contributed by atoms with Crippen LogP contribution in [0.4, 0.5) is 0 Å². The van der Waals surface area contributed by atoms with Crippen LogP contribution in [0.25, 0.3) is 0 Å². The van der Waals surface area contributed by atoms with E-state index in [0.29, 0.717) is 6.42 Å². The van der Waals surface area contributed by atoms with Crippen molar-refractivity contribution >= 4 is 18.6 Å². The molecule has 0 heterocycles. The number of hydrogen-bond acceptors (Lipinski definition) is 2. The Balaban J connectivity index is 3.22. The molecule has 0 aliphatic rings. The van der Waals surface area contributed by atoms with Gasteiger partial charge in [-0.15, -0.1) is 0 Å². The molecule has 0 saturated heterocycles. The van der Waals surface area contributed by atoms with E-state index in [1.165, 1.54) is 0 Å². The minimum absolute atomic E-state index is 0.248. The molecule has 0 amide bonds. The summed E-state index contributed by atoms with van der Waals surface area (Å²) in [5, 5.41) is 8.62. The summed E-state index contributed by atoms with van der Waals surface area (Å²) in [7, 11) is 0.